The van der Waals surface area contributed by atoms with Gasteiger partial charge in [0.1, 0.15) is 0 Å². The average Bonchev–Trinajstić information content (AvgIpc) is 2.35. The Balaban J connectivity index is 2.67. The lowest BCUT2D eigenvalue weighted by Crippen LogP contribution is -2.27. The Morgan fingerprint density at radius 3 is 2.47 bits per heavy atom. The lowest BCUT2D eigenvalue weighted by atomic mass is 9.85. The third-order valence-corrected chi connectivity index (χ3v) is 3.87. The topological polar surface area (TPSA) is 38.0 Å². The van der Waals surface area contributed by atoms with Gasteiger partial charge in [-0.15, -0.1) is 0 Å². The highest BCUT2D eigenvalue weighted by Crippen LogP contribution is 2.24. The van der Waals surface area contributed by atoms with E-state index >= 15 is 0 Å². The van der Waals surface area contributed by atoms with Gasteiger partial charge in [-0.05, 0) is 48.0 Å². The molecule has 0 fully saturated rings. The minimum atomic E-state index is 0.214. The highest BCUT2D eigenvalue weighted by Gasteiger charge is 2.14. The molecule has 1 unspecified atom stereocenters. The van der Waals surface area contributed by atoms with Gasteiger partial charge >= 0.3 is 0 Å². The van der Waals surface area contributed by atoms with Gasteiger partial charge in [0.2, 0.25) is 0 Å². The summed E-state index contributed by atoms with van der Waals surface area (Å²) in [5.41, 5.74) is 10.1. The molecule has 0 bridgehead atoms. The van der Waals surface area contributed by atoms with Crippen LogP contribution in [0, 0.1) is 12.8 Å². The van der Waals surface area contributed by atoms with Crippen molar-refractivity contribution in [2.24, 2.45) is 11.7 Å². The van der Waals surface area contributed by atoms with E-state index in [0.29, 0.717) is 5.92 Å². The molecule has 0 heterocycles. The van der Waals surface area contributed by atoms with Crippen LogP contribution < -0.4 is 11.1 Å². The van der Waals surface area contributed by atoms with Crippen LogP contribution in [0.1, 0.15) is 50.8 Å². The summed E-state index contributed by atoms with van der Waals surface area (Å²) in [5.74, 6) is 0.589. The zero-order valence-electron chi connectivity index (χ0n) is 13.2. The fraction of sp³-hybridized carbons (Fsp3) is 0.647. The summed E-state index contributed by atoms with van der Waals surface area (Å²) in [6.45, 7) is 13.9. The second-order valence-corrected chi connectivity index (χ2v) is 6.53. The number of rotatable bonds is 6. The number of benzene rings is 1. The van der Waals surface area contributed by atoms with Crippen LogP contribution >= 0.6 is 0 Å². The number of nitrogens with two attached hydrogens (primary N) is 1. The van der Waals surface area contributed by atoms with Crippen LogP contribution in [0.15, 0.2) is 18.2 Å². The van der Waals surface area contributed by atoms with Gasteiger partial charge in [-0.25, -0.2) is 0 Å². The maximum atomic E-state index is 5.73. The van der Waals surface area contributed by atoms with Crippen molar-refractivity contribution in [1.29, 1.82) is 0 Å². The molecule has 0 aliphatic heterocycles. The van der Waals surface area contributed by atoms with Crippen molar-refractivity contribution in [3.8, 4) is 0 Å². The van der Waals surface area contributed by atoms with Crippen LogP contribution in [0.4, 0.5) is 0 Å². The molecule has 0 aliphatic carbocycles. The molecular formula is C17H30N2. The van der Waals surface area contributed by atoms with Crippen molar-refractivity contribution in [3.05, 3.63) is 34.9 Å². The van der Waals surface area contributed by atoms with Gasteiger partial charge in [0.15, 0.2) is 0 Å². The molecule has 0 spiro atoms. The molecule has 0 amide bonds. The summed E-state index contributed by atoms with van der Waals surface area (Å²) >= 11 is 0. The Morgan fingerprint density at radius 2 is 1.95 bits per heavy atom. The van der Waals surface area contributed by atoms with Crippen molar-refractivity contribution in [1.82, 2.24) is 5.32 Å². The maximum Gasteiger partial charge on any atom is 0.0208 e. The van der Waals surface area contributed by atoms with E-state index in [1.165, 1.54) is 16.7 Å². The first-order valence-electron chi connectivity index (χ1n) is 7.39. The SMILES string of the molecule is CCC(CN)CNCc1cc(C(C)(C)C)ccc1C. The van der Waals surface area contributed by atoms with Crippen LogP contribution in [0.25, 0.3) is 0 Å². The van der Waals surface area contributed by atoms with E-state index in [4.69, 9.17) is 5.73 Å². The molecule has 1 rings (SSSR count). The third kappa shape index (κ3) is 4.96. The molecule has 0 radical (unpaired) electrons. The summed E-state index contributed by atoms with van der Waals surface area (Å²) in [6.07, 6.45) is 1.14. The predicted octanol–water partition coefficient (Wildman–Crippen LogP) is 3.37. The fourth-order valence-corrected chi connectivity index (χ4v) is 2.13. The minimum Gasteiger partial charge on any atom is -0.330 e. The third-order valence-electron chi connectivity index (χ3n) is 3.87. The standard InChI is InChI=1S/C17H30N2/c1-6-14(10-18)11-19-12-15-9-16(17(3,4)5)8-7-13(15)2/h7-9,14,19H,6,10-12,18H2,1-5H3. The van der Waals surface area contributed by atoms with Gasteiger partial charge in [-0.1, -0.05) is 52.3 Å². The lowest BCUT2D eigenvalue weighted by Gasteiger charge is -2.21. The number of hydrogen-bond donors (Lipinski definition) is 2. The van der Waals surface area contributed by atoms with Gasteiger partial charge in [0.25, 0.3) is 0 Å². The van der Waals surface area contributed by atoms with E-state index in [9.17, 15) is 0 Å². The van der Waals surface area contributed by atoms with Crippen LogP contribution in [-0.2, 0) is 12.0 Å². The molecule has 1 aromatic rings. The van der Waals surface area contributed by atoms with Gasteiger partial charge < -0.3 is 11.1 Å². The Bertz CT molecular complexity index is 387. The summed E-state index contributed by atoms with van der Waals surface area (Å²) in [5, 5.41) is 3.54. The Morgan fingerprint density at radius 1 is 1.26 bits per heavy atom. The maximum absolute atomic E-state index is 5.73. The minimum absolute atomic E-state index is 0.214. The average molecular weight is 262 g/mol. The summed E-state index contributed by atoms with van der Waals surface area (Å²) in [6, 6.07) is 6.82. The Hall–Kier alpha value is -0.860. The highest BCUT2D eigenvalue weighted by atomic mass is 14.9. The molecule has 0 saturated heterocycles. The van der Waals surface area contributed by atoms with Crippen molar-refractivity contribution < 1.29 is 0 Å². The van der Waals surface area contributed by atoms with Crippen molar-refractivity contribution in [2.45, 2.75) is 53.0 Å². The Kier molecular flexibility index (Phi) is 6.02. The summed E-state index contributed by atoms with van der Waals surface area (Å²) in [7, 11) is 0. The first-order valence-corrected chi connectivity index (χ1v) is 7.39. The molecule has 0 saturated carbocycles. The van der Waals surface area contributed by atoms with E-state index in [0.717, 1.165) is 26.1 Å². The van der Waals surface area contributed by atoms with E-state index in [2.05, 4.69) is 58.1 Å². The normalized spacial score (nSPS) is 13.6. The largest absolute Gasteiger partial charge is 0.330 e. The van der Waals surface area contributed by atoms with Gasteiger partial charge in [0, 0.05) is 6.54 Å². The highest BCUT2D eigenvalue weighted by molar-refractivity contribution is 5.34. The summed E-state index contributed by atoms with van der Waals surface area (Å²) < 4.78 is 0. The molecule has 0 aliphatic rings. The van der Waals surface area contributed by atoms with E-state index < -0.39 is 0 Å². The molecular weight excluding hydrogens is 232 g/mol. The predicted molar refractivity (Wildman–Crippen MR) is 84.4 cm³/mol. The second kappa shape index (κ2) is 7.06. The lowest BCUT2D eigenvalue weighted by molar-refractivity contribution is 0.471. The first-order chi connectivity index (χ1) is 8.88. The zero-order valence-corrected chi connectivity index (χ0v) is 13.2. The molecule has 0 aromatic heterocycles. The Labute approximate surface area is 118 Å². The smallest absolute Gasteiger partial charge is 0.0208 e. The summed E-state index contributed by atoms with van der Waals surface area (Å²) in [4.78, 5) is 0. The van der Waals surface area contributed by atoms with Gasteiger partial charge in [-0.2, -0.15) is 0 Å². The quantitative estimate of drug-likeness (QED) is 0.825. The van der Waals surface area contributed by atoms with Crippen LogP contribution in [0.5, 0.6) is 0 Å². The van der Waals surface area contributed by atoms with Crippen LogP contribution in [-0.4, -0.2) is 13.1 Å². The number of aryl methyl sites for hydroxylation is 1. The van der Waals surface area contributed by atoms with Crippen LogP contribution in [0.2, 0.25) is 0 Å². The molecule has 19 heavy (non-hydrogen) atoms. The van der Waals surface area contributed by atoms with Gasteiger partial charge in [-0.3, -0.25) is 0 Å². The monoisotopic (exact) mass is 262 g/mol. The zero-order chi connectivity index (χ0) is 14.5. The molecule has 108 valence electrons. The van der Waals surface area contributed by atoms with E-state index in [1.54, 1.807) is 0 Å². The molecule has 2 nitrogen and oxygen atoms in total. The van der Waals surface area contributed by atoms with Crippen molar-refractivity contribution >= 4 is 0 Å². The van der Waals surface area contributed by atoms with Crippen LogP contribution in [0.3, 0.4) is 0 Å². The van der Waals surface area contributed by atoms with Crippen molar-refractivity contribution in [2.75, 3.05) is 13.1 Å². The molecule has 3 N–H and O–H groups in total. The van der Waals surface area contributed by atoms with E-state index in [-0.39, 0.29) is 5.41 Å². The first kappa shape index (κ1) is 16.2. The molecule has 2 heteroatoms. The van der Waals surface area contributed by atoms with Crippen molar-refractivity contribution in [3.63, 3.8) is 0 Å². The molecule has 1 aromatic carbocycles. The molecule has 1 atom stereocenters. The van der Waals surface area contributed by atoms with Gasteiger partial charge in [0.05, 0.1) is 0 Å². The van der Waals surface area contributed by atoms with E-state index in [1.807, 2.05) is 0 Å². The fourth-order valence-electron chi connectivity index (χ4n) is 2.13. The number of nitrogens with one attached hydrogen (secondary N) is 1. The number of hydrogen-bond acceptors (Lipinski definition) is 2. The second-order valence-electron chi connectivity index (χ2n) is 6.53.